The van der Waals surface area contributed by atoms with Crippen LogP contribution in [0.2, 0.25) is 0 Å². The van der Waals surface area contributed by atoms with Crippen LogP contribution in [0.15, 0.2) is 0 Å². The Hall–Kier alpha value is -0.0900. The summed E-state index contributed by atoms with van der Waals surface area (Å²) < 4.78 is 22.3. The predicted octanol–water partition coefficient (Wildman–Crippen LogP) is 3.01. The van der Waals surface area contributed by atoms with E-state index in [2.05, 4.69) is 26.1 Å². The number of sulfone groups is 1. The van der Waals surface area contributed by atoms with Gasteiger partial charge in [0.1, 0.15) is 9.84 Å². The lowest BCUT2D eigenvalue weighted by molar-refractivity contribution is 0.299. The molecule has 0 radical (unpaired) electrons. The second kappa shape index (κ2) is 9.79. The summed E-state index contributed by atoms with van der Waals surface area (Å²) in [5.41, 5.74) is 0. The maximum atomic E-state index is 11.2. The monoisotopic (exact) mass is 277 g/mol. The first-order valence-corrected chi connectivity index (χ1v) is 9.41. The molecule has 1 atom stereocenters. The van der Waals surface area contributed by atoms with E-state index < -0.39 is 9.84 Å². The maximum Gasteiger partial charge on any atom is 0.147 e. The molecule has 110 valence electrons. The van der Waals surface area contributed by atoms with E-state index in [1.807, 2.05) is 0 Å². The van der Waals surface area contributed by atoms with Crippen molar-refractivity contribution in [2.75, 3.05) is 18.6 Å². The van der Waals surface area contributed by atoms with Crippen molar-refractivity contribution in [3.63, 3.8) is 0 Å². The van der Waals surface area contributed by atoms with Crippen LogP contribution in [0, 0.1) is 5.92 Å². The molecule has 1 N–H and O–H groups in total. The minimum Gasteiger partial charge on any atom is -0.314 e. The average molecular weight is 277 g/mol. The molecule has 0 aliphatic rings. The molecule has 0 aliphatic heterocycles. The average Bonchev–Trinajstić information content (AvgIpc) is 2.26. The summed E-state index contributed by atoms with van der Waals surface area (Å²) in [6, 6.07) is 0.483. The minimum atomic E-state index is -2.81. The lowest BCUT2D eigenvalue weighted by atomic mass is 9.88. The molecule has 4 heteroatoms. The first kappa shape index (κ1) is 17.9. The highest BCUT2D eigenvalue weighted by Gasteiger charge is 2.19. The van der Waals surface area contributed by atoms with Crippen LogP contribution < -0.4 is 5.32 Å². The van der Waals surface area contributed by atoms with Gasteiger partial charge in [-0.05, 0) is 38.1 Å². The van der Waals surface area contributed by atoms with Gasteiger partial charge in [-0.2, -0.15) is 0 Å². The lowest BCUT2D eigenvalue weighted by Crippen LogP contribution is -2.36. The van der Waals surface area contributed by atoms with Crippen molar-refractivity contribution in [2.45, 2.75) is 65.3 Å². The molecule has 0 saturated heterocycles. The third-order valence-corrected chi connectivity index (χ3v) is 4.41. The van der Waals surface area contributed by atoms with Gasteiger partial charge in [-0.3, -0.25) is 0 Å². The molecular formula is C14H31NO2S. The highest BCUT2D eigenvalue weighted by Crippen LogP contribution is 2.21. The molecule has 0 aromatic carbocycles. The van der Waals surface area contributed by atoms with Gasteiger partial charge in [-0.1, -0.05) is 33.6 Å². The van der Waals surface area contributed by atoms with Gasteiger partial charge in [0.25, 0.3) is 0 Å². The Balaban J connectivity index is 4.31. The molecule has 0 saturated carbocycles. The summed E-state index contributed by atoms with van der Waals surface area (Å²) >= 11 is 0. The Morgan fingerprint density at radius 2 is 1.56 bits per heavy atom. The van der Waals surface area contributed by atoms with E-state index >= 15 is 0 Å². The molecular weight excluding hydrogens is 246 g/mol. The molecule has 0 spiro atoms. The smallest absolute Gasteiger partial charge is 0.147 e. The van der Waals surface area contributed by atoms with Gasteiger partial charge in [0, 0.05) is 18.1 Å². The van der Waals surface area contributed by atoms with Crippen LogP contribution in [0.4, 0.5) is 0 Å². The fraction of sp³-hybridized carbons (Fsp3) is 1.00. The quantitative estimate of drug-likeness (QED) is 0.631. The molecule has 18 heavy (non-hydrogen) atoms. The Labute approximate surface area is 114 Å². The molecule has 1 unspecified atom stereocenters. The lowest BCUT2D eigenvalue weighted by Gasteiger charge is -2.27. The third kappa shape index (κ3) is 8.92. The van der Waals surface area contributed by atoms with E-state index in [-0.39, 0.29) is 0 Å². The first-order valence-electron chi connectivity index (χ1n) is 7.35. The highest BCUT2D eigenvalue weighted by molar-refractivity contribution is 7.90. The van der Waals surface area contributed by atoms with E-state index in [0.717, 1.165) is 19.4 Å². The van der Waals surface area contributed by atoms with Crippen LogP contribution in [0.1, 0.15) is 59.3 Å². The fourth-order valence-corrected chi connectivity index (χ4v) is 3.31. The zero-order chi connectivity index (χ0) is 14.0. The SMILES string of the molecule is CCCC(CCC)C(CCCS(C)(=O)=O)NCC. The van der Waals surface area contributed by atoms with Crippen molar-refractivity contribution < 1.29 is 8.42 Å². The summed E-state index contributed by atoms with van der Waals surface area (Å²) in [6.07, 6.45) is 7.98. The van der Waals surface area contributed by atoms with Gasteiger partial charge in [-0.15, -0.1) is 0 Å². The topological polar surface area (TPSA) is 46.2 Å². The Kier molecular flexibility index (Phi) is 9.74. The maximum absolute atomic E-state index is 11.2. The second-order valence-electron chi connectivity index (χ2n) is 5.27. The minimum absolute atomic E-state index is 0.319. The van der Waals surface area contributed by atoms with Crippen LogP contribution in [0.5, 0.6) is 0 Å². The largest absolute Gasteiger partial charge is 0.314 e. The van der Waals surface area contributed by atoms with Crippen molar-refractivity contribution in [3.8, 4) is 0 Å². The van der Waals surface area contributed by atoms with Gasteiger partial charge >= 0.3 is 0 Å². The van der Waals surface area contributed by atoms with Crippen LogP contribution in [-0.2, 0) is 9.84 Å². The second-order valence-corrected chi connectivity index (χ2v) is 7.53. The van der Waals surface area contributed by atoms with E-state index in [1.54, 1.807) is 0 Å². The molecule has 0 fully saturated rings. The summed E-state index contributed by atoms with van der Waals surface area (Å²) in [5, 5.41) is 3.54. The van der Waals surface area contributed by atoms with Crippen molar-refractivity contribution in [3.05, 3.63) is 0 Å². The third-order valence-electron chi connectivity index (χ3n) is 3.38. The Bertz CT molecular complexity index is 282. The Morgan fingerprint density at radius 1 is 1.00 bits per heavy atom. The fourth-order valence-electron chi connectivity index (χ4n) is 2.62. The summed E-state index contributed by atoms with van der Waals surface area (Å²) in [5.74, 6) is 1.01. The number of nitrogens with one attached hydrogen (secondary N) is 1. The molecule has 0 heterocycles. The van der Waals surface area contributed by atoms with E-state index in [9.17, 15) is 8.42 Å². The van der Waals surface area contributed by atoms with Crippen LogP contribution in [0.3, 0.4) is 0 Å². The predicted molar refractivity (Wildman–Crippen MR) is 79.7 cm³/mol. The van der Waals surface area contributed by atoms with Gasteiger partial charge in [0.05, 0.1) is 0 Å². The summed E-state index contributed by atoms with van der Waals surface area (Å²) in [6.45, 7) is 7.54. The summed E-state index contributed by atoms with van der Waals surface area (Å²) in [7, 11) is -2.81. The van der Waals surface area contributed by atoms with Crippen LogP contribution in [0.25, 0.3) is 0 Å². The van der Waals surface area contributed by atoms with E-state index in [0.29, 0.717) is 17.7 Å². The standard InChI is InChI=1S/C14H31NO2S/c1-5-9-13(10-6-2)14(15-7-3)11-8-12-18(4,16)17/h13-15H,5-12H2,1-4H3. The molecule has 0 amide bonds. The molecule has 0 aromatic rings. The van der Waals surface area contributed by atoms with E-state index in [4.69, 9.17) is 0 Å². The molecule has 0 bridgehead atoms. The number of hydrogen-bond acceptors (Lipinski definition) is 3. The highest BCUT2D eigenvalue weighted by atomic mass is 32.2. The van der Waals surface area contributed by atoms with Crippen molar-refractivity contribution in [1.29, 1.82) is 0 Å². The summed E-state index contributed by atoms with van der Waals surface area (Å²) in [4.78, 5) is 0. The first-order chi connectivity index (χ1) is 8.44. The van der Waals surface area contributed by atoms with Gasteiger partial charge in [0.15, 0.2) is 0 Å². The zero-order valence-electron chi connectivity index (χ0n) is 12.5. The van der Waals surface area contributed by atoms with Crippen molar-refractivity contribution >= 4 is 9.84 Å². The van der Waals surface area contributed by atoms with E-state index in [1.165, 1.54) is 31.9 Å². The number of rotatable bonds is 11. The van der Waals surface area contributed by atoms with Crippen molar-refractivity contribution in [1.82, 2.24) is 5.32 Å². The Morgan fingerprint density at radius 3 is 1.94 bits per heavy atom. The van der Waals surface area contributed by atoms with Gasteiger partial charge < -0.3 is 5.32 Å². The molecule has 0 aromatic heterocycles. The van der Waals surface area contributed by atoms with Crippen molar-refractivity contribution in [2.24, 2.45) is 5.92 Å². The zero-order valence-corrected chi connectivity index (χ0v) is 13.4. The number of hydrogen-bond donors (Lipinski definition) is 1. The molecule has 0 rings (SSSR count). The van der Waals surface area contributed by atoms with Gasteiger partial charge in [-0.25, -0.2) is 8.42 Å². The van der Waals surface area contributed by atoms with Crippen LogP contribution in [-0.4, -0.2) is 33.0 Å². The van der Waals surface area contributed by atoms with Gasteiger partial charge in [0.2, 0.25) is 0 Å². The molecule has 3 nitrogen and oxygen atoms in total. The molecule has 0 aliphatic carbocycles. The normalized spacial score (nSPS) is 14.1. The van der Waals surface area contributed by atoms with Crippen LogP contribution >= 0.6 is 0 Å².